The van der Waals surface area contributed by atoms with E-state index in [0.717, 1.165) is 13.0 Å². The van der Waals surface area contributed by atoms with Crippen molar-refractivity contribution in [2.75, 3.05) is 19.6 Å². The van der Waals surface area contributed by atoms with E-state index in [-0.39, 0.29) is 11.9 Å². The summed E-state index contributed by atoms with van der Waals surface area (Å²) < 4.78 is 39.9. The first-order valence-corrected chi connectivity index (χ1v) is 7.08. The molecule has 1 aromatic carbocycles. The van der Waals surface area contributed by atoms with Gasteiger partial charge in [0.25, 0.3) is 0 Å². The topological polar surface area (TPSA) is 32.7 Å². The van der Waals surface area contributed by atoms with Crippen molar-refractivity contribution in [3.63, 3.8) is 0 Å². The fourth-order valence-corrected chi connectivity index (χ4v) is 2.25. The summed E-state index contributed by atoms with van der Waals surface area (Å²) in [4.78, 5) is 2.07. The smallest absolute Gasteiger partial charge is 0.406 e. The van der Waals surface area contributed by atoms with Crippen LogP contribution in [0.25, 0.3) is 0 Å². The Hall–Kier alpha value is -1.71. The highest BCUT2D eigenvalue weighted by atomic mass is 19.4. The summed E-state index contributed by atoms with van der Waals surface area (Å²) in [5.41, 5.74) is 0.625. The summed E-state index contributed by atoms with van der Waals surface area (Å²) in [6, 6.07) is 5.45. The molecule has 1 N–H and O–H groups in total. The average Bonchev–Trinajstić information content (AvgIpc) is 2.43. The van der Waals surface area contributed by atoms with E-state index in [9.17, 15) is 18.3 Å². The summed E-state index contributed by atoms with van der Waals surface area (Å²) in [6.45, 7) is 4.06. The minimum atomic E-state index is -4.68. The van der Waals surface area contributed by atoms with E-state index in [1.807, 2.05) is 6.92 Å². The summed E-state index contributed by atoms with van der Waals surface area (Å²) in [7, 11) is 0. The van der Waals surface area contributed by atoms with Crippen LogP contribution in [0, 0.1) is 17.8 Å². The van der Waals surface area contributed by atoms with Crippen LogP contribution in [0.4, 0.5) is 13.2 Å². The van der Waals surface area contributed by atoms with Crippen molar-refractivity contribution in [3.8, 4) is 17.6 Å². The maximum atomic E-state index is 12.0. The first-order chi connectivity index (χ1) is 10.3. The lowest BCUT2D eigenvalue weighted by Crippen LogP contribution is -2.42. The fraction of sp³-hybridized carbons (Fsp3) is 0.500. The predicted octanol–water partition coefficient (Wildman–Crippen LogP) is 2.64. The van der Waals surface area contributed by atoms with Crippen LogP contribution in [-0.2, 0) is 0 Å². The lowest BCUT2D eigenvalue weighted by molar-refractivity contribution is -0.274. The number of aliphatic hydroxyl groups excluding tert-OH is 1. The maximum Gasteiger partial charge on any atom is 0.573 e. The van der Waals surface area contributed by atoms with E-state index in [2.05, 4.69) is 21.5 Å². The van der Waals surface area contributed by atoms with E-state index in [1.54, 1.807) is 0 Å². The third kappa shape index (κ3) is 5.24. The van der Waals surface area contributed by atoms with Crippen molar-refractivity contribution >= 4 is 0 Å². The van der Waals surface area contributed by atoms with Gasteiger partial charge in [-0.3, -0.25) is 4.90 Å². The molecule has 2 rings (SSSR count). The molecule has 1 aliphatic rings. The molecule has 0 aliphatic carbocycles. The summed E-state index contributed by atoms with van der Waals surface area (Å²) >= 11 is 0. The van der Waals surface area contributed by atoms with Crippen LogP contribution >= 0.6 is 0 Å². The van der Waals surface area contributed by atoms with E-state index in [4.69, 9.17) is 0 Å². The SMILES string of the molecule is CC1CCN(CC#Cc2ccc(OC(F)(F)F)cc2)CC1O. The predicted molar refractivity (Wildman–Crippen MR) is 76.2 cm³/mol. The van der Waals surface area contributed by atoms with Crippen LogP contribution in [0.5, 0.6) is 5.75 Å². The lowest BCUT2D eigenvalue weighted by Gasteiger charge is -2.32. The number of ether oxygens (including phenoxy) is 1. The number of nitrogens with zero attached hydrogens (tertiary/aromatic N) is 1. The molecule has 2 unspecified atom stereocenters. The Morgan fingerprint density at radius 1 is 1.32 bits per heavy atom. The van der Waals surface area contributed by atoms with Gasteiger partial charge in [0.2, 0.25) is 0 Å². The van der Waals surface area contributed by atoms with E-state index < -0.39 is 6.36 Å². The molecule has 22 heavy (non-hydrogen) atoms. The van der Waals surface area contributed by atoms with Gasteiger partial charge in [-0.1, -0.05) is 18.8 Å². The van der Waals surface area contributed by atoms with Crippen molar-refractivity contribution in [3.05, 3.63) is 29.8 Å². The van der Waals surface area contributed by atoms with Gasteiger partial charge in [-0.25, -0.2) is 0 Å². The van der Waals surface area contributed by atoms with E-state index in [1.165, 1.54) is 24.3 Å². The molecule has 120 valence electrons. The number of rotatable bonds is 2. The van der Waals surface area contributed by atoms with Gasteiger partial charge in [-0.15, -0.1) is 13.2 Å². The van der Waals surface area contributed by atoms with Crippen molar-refractivity contribution in [2.45, 2.75) is 25.8 Å². The van der Waals surface area contributed by atoms with E-state index in [0.29, 0.717) is 24.6 Å². The molecule has 1 aliphatic heterocycles. The monoisotopic (exact) mass is 313 g/mol. The first-order valence-electron chi connectivity index (χ1n) is 7.08. The minimum absolute atomic E-state index is 0.258. The molecular formula is C16H18F3NO2. The van der Waals surface area contributed by atoms with Gasteiger partial charge in [-0.2, -0.15) is 0 Å². The number of halogens is 3. The Morgan fingerprint density at radius 3 is 2.59 bits per heavy atom. The molecule has 3 nitrogen and oxygen atoms in total. The van der Waals surface area contributed by atoms with Crippen molar-refractivity contribution in [1.82, 2.24) is 4.90 Å². The number of alkyl halides is 3. The second kappa shape index (κ2) is 7.03. The minimum Gasteiger partial charge on any atom is -0.406 e. The lowest BCUT2D eigenvalue weighted by atomic mass is 9.96. The van der Waals surface area contributed by atoms with Gasteiger partial charge >= 0.3 is 6.36 Å². The Balaban J connectivity index is 1.87. The van der Waals surface area contributed by atoms with Crippen LogP contribution in [0.2, 0.25) is 0 Å². The molecule has 1 heterocycles. The number of benzene rings is 1. The molecule has 6 heteroatoms. The van der Waals surface area contributed by atoms with Gasteiger partial charge < -0.3 is 9.84 Å². The standard InChI is InChI=1S/C16H18F3NO2/c1-12-8-10-20(11-15(12)21)9-2-3-13-4-6-14(7-5-13)22-16(17,18)19/h4-7,12,15,21H,8-11H2,1H3. The number of hydrogen-bond acceptors (Lipinski definition) is 3. The number of piperidine rings is 1. The number of aliphatic hydroxyl groups is 1. The zero-order valence-electron chi connectivity index (χ0n) is 12.2. The van der Waals surface area contributed by atoms with Crippen LogP contribution in [0.15, 0.2) is 24.3 Å². The van der Waals surface area contributed by atoms with Crippen molar-refractivity contribution in [1.29, 1.82) is 0 Å². The van der Waals surface area contributed by atoms with Crippen molar-refractivity contribution < 1.29 is 23.0 Å². The Morgan fingerprint density at radius 2 is 2.00 bits per heavy atom. The van der Waals surface area contributed by atoms with Gasteiger partial charge in [0.05, 0.1) is 12.6 Å². The highest BCUT2D eigenvalue weighted by Gasteiger charge is 2.30. The van der Waals surface area contributed by atoms with Crippen LogP contribution < -0.4 is 4.74 Å². The summed E-state index contributed by atoms with van der Waals surface area (Å²) in [6.07, 6.45) is -4.07. The highest BCUT2D eigenvalue weighted by Crippen LogP contribution is 2.22. The summed E-state index contributed by atoms with van der Waals surface area (Å²) in [5.74, 6) is 5.93. The molecule has 1 saturated heterocycles. The second-order valence-corrected chi connectivity index (χ2v) is 5.44. The molecule has 0 bridgehead atoms. The van der Waals surface area contributed by atoms with Crippen LogP contribution in [0.3, 0.4) is 0 Å². The molecule has 0 radical (unpaired) electrons. The normalized spacial score (nSPS) is 22.8. The molecule has 0 saturated carbocycles. The van der Waals surface area contributed by atoms with Gasteiger partial charge in [-0.05, 0) is 43.1 Å². The van der Waals surface area contributed by atoms with Crippen LogP contribution in [0.1, 0.15) is 18.9 Å². The summed E-state index contributed by atoms with van der Waals surface area (Å²) in [5, 5.41) is 9.79. The molecule has 0 amide bonds. The highest BCUT2D eigenvalue weighted by molar-refractivity contribution is 5.38. The van der Waals surface area contributed by atoms with E-state index >= 15 is 0 Å². The van der Waals surface area contributed by atoms with Gasteiger partial charge in [0.1, 0.15) is 5.75 Å². The first kappa shape index (κ1) is 16.7. The molecule has 1 aromatic rings. The second-order valence-electron chi connectivity index (χ2n) is 5.44. The quantitative estimate of drug-likeness (QED) is 0.852. The fourth-order valence-electron chi connectivity index (χ4n) is 2.25. The number of likely N-dealkylation sites (tertiary alicyclic amines) is 1. The largest absolute Gasteiger partial charge is 0.573 e. The zero-order valence-corrected chi connectivity index (χ0v) is 12.2. The van der Waals surface area contributed by atoms with Crippen molar-refractivity contribution in [2.24, 2.45) is 5.92 Å². The molecule has 0 aromatic heterocycles. The van der Waals surface area contributed by atoms with Gasteiger partial charge in [0, 0.05) is 12.1 Å². The average molecular weight is 313 g/mol. The zero-order chi connectivity index (χ0) is 16.2. The molecule has 1 fully saturated rings. The third-order valence-corrected chi connectivity index (χ3v) is 3.63. The van der Waals surface area contributed by atoms with Crippen LogP contribution in [-0.4, -0.2) is 42.1 Å². The molecule has 2 atom stereocenters. The Bertz CT molecular complexity index is 545. The molecular weight excluding hydrogens is 295 g/mol. The molecule has 0 spiro atoms. The Kier molecular flexibility index (Phi) is 5.33. The maximum absolute atomic E-state index is 12.0. The number of β-amino-alcohol motifs (C(OH)–C–C–N with tert-alkyl or cyclic N) is 1. The van der Waals surface area contributed by atoms with Gasteiger partial charge in [0.15, 0.2) is 0 Å². The third-order valence-electron chi connectivity index (χ3n) is 3.63. The number of hydrogen-bond donors (Lipinski definition) is 1. The Labute approximate surface area is 127 Å².